The third-order valence-corrected chi connectivity index (χ3v) is 12.8. The van der Waals surface area contributed by atoms with Gasteiger partial charge in [0.2, 0.25) is 17.7 Å². The highest BCUT2D eigenvalue weighted by Crippen LogP contribution is 2.45. The number of amides is 8. The largest absolute Gasteiger partial charge is 0.507 e. The topological polar surface area (TPSA) is 265 Å². The SMILES string of the molecule is CC(C)[C@H](NCCNC(=O)CCCN1C(=O)C=CC1=O)C(=O)N[C@@H](CCCNC(N)=O)C(=O)Nc1ccc(C(=O)Cc2ccc3[nH]c(C(=O)N4C[C@@H](CCl)c5c4cc(O)c4ccccc54)cc3c2)cc1. The summed E-state index contributed by atoms with van der Waals surface area (Å²) in [6.45, 7) is 4.75. The van der Waals surface area contributed by atoms with Gasteiger partial charge >= 0.3 is 6.03 Å². The van der Waals surface area contributed by atoms with Crippen LogP contribution in [0.2, 0.25) is 0 Å². The van der Waals surface area contributed by atoms with E-state index in [2.05, 4.69) is 31.6 Å². The number of hydrogen-bond donors (Lipinski definition) is 8. The number of aromatic nitrogens is 1. The van der Waals surface area contributed by atoms with Crippen LogP contribution in [0.5, 0.6) is 5.75 Å². The molecule has 2 aliphatic heterocycles. The van der Waals surface area contributed by atoms with Crippen molar-refractivity contribution in [2.75, 3.05) is 48.8 Å². The second-order valence-electron chi connectivity index (χ2n) is 17.7. The summed E-state index contributed by atoms with van der Waals surface area (Å²) >= 11 is 6.40. The maximum absolute atomic E-state index is 14.0. The molecule has 0 bridgehead atoms. The number of nitrogens with one attached hydrogen (secondary N) is 6. The van der Waals surface area contributed by atoms with Gasteiger partial charge in [-0.1, -0.05) is 44.2 Å². The lowest BCUT2D eigenvalue weighted by Crippen LogP contribution is -2.54. The highest BCUT2D eigenvalue weighted by Gasteiger charge is 2.36. The van der Waals surface area contributed by atoms with Gasteiger partial charge in [-0.25, -0.2) is 4.79 Å². The van der Waals surface area contributed by atoms with Crippen LogP contribution in [0.15, 0.2) is 91.0 Å². The number of fused-ring (bicyclic) bond motifs is 4. The fourth-order valence-corrected chi connectivity index (χ4v) is 9.05. The van der Waals surface area contributed by atoms with E-state index in [1.54, 1.807) is 41.3 Å². The summed E-state index contributed by atoms with van der Waals surface area (Å²) in [6, 6.07) is 20.3. The van der Waals surface area contributed by atoms with Crippen molar-refractivity contribution in [2.24, 2.45) is 11.7 Å². The summed E-state index contributed by atoms with van der Waals surface area (Å²) in [5, 5.41) is 27.1. The van der Waals surface area contributed by atoms with Gasteiger partial charge < -0.3 is 47.3 Å². The number of nitrogens with two attached hydrogens (primary N) is 1. The number of aromatic amines is 1. The van der Waals surface area contributed by atoms with E-state index in [1.807, 2.05) is 56.3 Å². The minimum Gasteiger partial charge on any atom is -0.507 e. The second-order valence-corrected chi connectivity index (χ2v) is 18.0. The van der Waals surface area contributed by atoms with E-state index in [0.29, 0.717) is 58.8 Å². The molecular formula is C51H56ClN9O9. The Hall–Kier alpha value is -7.57. The van der Waals surface area contributed by atoms with E-state index in [1.165, 1.54) is 12.2 Å². The number of alkyl halides is 1. The lowest BCUT2D eigenvalue weighted by molar-refractivity contribution is -0.137. The summed E-state index contributed by atoms with van der Waals surface area (Å²) in [7, 11) is 0. The number of primary amides is 1. The molecule has 7 rings (SSSR count). The molecule has 0 saturated heterocycles. The maximum atomic E-state index is 14.0. The van der Waals surface area contributed by atoms with Gasteiger partial charge in [-0.2, -0.15) is 0 Å². The average molecular weight is 975 g/mol. The molecule has 0 unspecified atom stereocenters. The van der Waals surface area contributed by atoms with Crippen molar-refractivity contribution in [3.63, 3.8) is 0 Å². The van der Waals surface area contributed by atoms with Gasteiger partial charge in [-0.15, -0.1) is 11.6 Å². The molecule has 5 aromatic rings. The lowest BCUT2D eigenvalue weighted by Gasteiger charge is -2.25. The van der Waals surface area contributed by atoms with Gasteiger partial charge in [0.15, 0.2) is 5.78 Å². The molecule has 9 N–H and O–H groups in total. The molecule has 3 heterocycles. The Morgan fingerprint density at radius 3 is 2.29 bits per heavy atom. The molecule has 8 amide bonds. The zero-order chi connectivity index (χ0) is 50.1. The fraction of sp³-hybridized carbons (Fsp3) is 0.333. The zero-order valence-electron chi connectivity index (χ0n) is 38.8. The van der Waals surface area contributed by atoms with Crippen molar-refractivity contribution in [1.29, 1.82) is 0 Å². The first-order valence-corrected chi connectivity index (χ1v) is 23.7. The molecule has 0 radical (unpaired) electrons. The number of aromatic hydroxyl groups is 1. The summed E-state index contributed by atoms with van der Waals surface area (Å²) in [6.07, 6.45) is 3.32. The minimum absolute atomic E-state index is 0.0630. The number of carbonyl (C=O) groups excluding carboxylic acids is 8. The first kappa shape index (κ1) is 50.3. The van der Waals surface area contributed by atoms with Crippen LogP contribution in [-0.2, 0) is 30.4 Å². The zero-order valence-corrected chi connectivity index (χ0v) is 39.6. The van der Waals surface area contributed by atoms with Crippen LogP contribution >= 0.6 is 11.6 Å². The standard InChI is InChI=1S/C51H56ClN9O9/c1-29(2)47(55-21-20-54-43(64)10-6-22-60-44(65)17-18-45(60)66)49(68)59-38(9-5-19-56-51(53)70)48(67)57-34-14-12-31(13-15-34)41(62)24-30-11-16-37-32(23-30)25-39(58-37)50(69)61-28-33(27-52)46-36-8-4-3-7-35(36)42(63)26-40(46)61/h3-4,7-8,11-18,23,25-26,29,33,38,47,55,58,63H,5-6,9-10,19-22,24,27-28H2,1-2H3,(H,54,64)(H,57,67)(H,59,68)(H3,53,56,70)/t33-,38+,47+/m1/s1. The summed E-state index contributed by atoms with van der Waals surface area (Å²) < 4.78 is 0. The molecule has 18 nitrogen and oxygen atoms in total. The highest BCUT2D eigenvalue weighted by molar-refractivity contribution is 6.19. The molecule has 0 saturated carbocycles. The van der Waals surface area contributed by atoms with Crippen LogP contribution in [0.3, 0.4) is 0 Å². The molecule has 4 aromatic carbocycles. The number of rotatable bonds is 22. The Bertz CT molecular complexity index is 2840. The van der Waals surface area contributed by atoms with E-state index in [0.717, 1.165) is 26.8 Å². The maximum Gasteiger partial charge on any atom is 0.312 e. The molecular weight excluding hydrogens is 918 g/mol. The van der Waals surface area contributed by atoms with E-state index in [9.17, 15) is 43.5 Å². The number of phenols is 1. The van der Waals surface area contributed by atoms with Gasteiger partial charge in [0.05, 0.1) is 11.7 Å². The Morgan fingerprint density at radius 2 is 1.59 bits per heavy atom. The number of phenolic OH excluding ortho intramolecular Hbond substituents is 1. The van der Waals surface area contributed by atoms with Crippen LogP contribution in [0.4, 0.5) is 16.2 Å². The first-order chi connectivity index (χ1) is 33.6. The number of benzene rings is 4. The van der Waals surface area contributed by atoms with Gasteiger partial charge in [0.25, 0.3) is 17.7 Å². The molecule has 366 valence electrons. The lowest BCUT2D eigenvalue weighted by atomic mass is 9.95. The van der Waals surface area contributed by atoms with Crippen molar-refractivity contribution in [3.05, 3.63) is 113 Å². The van der Waals surface area contributed by atoms with E-state index < -0.39 is 41.7 Å². The van der Waals surface area contributed by atoms with Crippen LogP contribution in [0.25, 0.3) is 21.7 Å². The number of halogens is 1. The summed E-state index contributed by atoms with van der Waals surface area (Å²) in [4.78, 5) is 108. The van der Waals surface area contributed by atoms with Gasteiger partial charge in [0.1, 0.15) is 17.5 Å². The van der Waals surface area contributed by atoms with Crippen molar-refractivity contribution in [2.45, 2.75) is 64.0 Å². The Balaban J connectivity index is 0.929. The molecule has 1 aromatic heterocycles. The molecule has 0 aliphatic carbocycles. The fourth-order valence-electron chi connectivity index (χ4n) is 8.80. The number of anilines is 2. The molecule has 70 heavy (non-hydrogen) atoms. The van der Waals surface area contributed by atoms with Crippen molar-refractivity contribution < 1.29 is 43.5 Å². The van der Waals surface area contributed by atoms with Crippen molar-refractivity contribution in [3.8, 4) is 5.75 Å². The third kappa shape index (κ3) is 12.0. The average Bonchev–Trinajstić information content (AvgIpc) is 4.03. The summed E-state index contributed by atoms with van der Waals surface area (Å²) in [5.74, 6) is -2.46. The van der Waals surface area contributed by atoms with Gasteiger partial charge in [-0.05, 0) is 84.2 Å². The number of ketones is 1. The monoisotopic (exact) mass is 973 g/mol. The van der Waals surface area contributed by atoms with Crippen LogP contribution in [0, 0.1) is 5.92 Å². The molecule has 19 heteroatoms. The first-order valence-electron chi connectivity index (χ1n) is 23.2. The predicted molar refractivity (Wildman–Crippen MR) is 266 cm³/mol. The number of hydrogen-bond acceptors (Lipinski definition) is 10. The van der Waals surface area contributed by atoms with Gasteiger partial charge in [0, 0.05) is 103 Å². The van der Waals surface area contributed by atoms with Crippen molar-refractivity contribution in [1.82, 2.24) is 31.2 Å². The Kier molecular flexibility index (Phi) is 16.3. The van der Waals surface area contributed by atoms with E-state index in [4.69, 9.17) is 17.3 Å². The number of imide groups is 1. The Morgan fingerprint density at radius 1 is 0.857 bits per heavy atom. The minimum atomic E-state index is -1.02. The van der Waals surface area contributed by atoms with Crippen LogP contribution in [0.1, 0.15) is 77.4 Å². The second kappa shape index (κ2) is 22.7. The van der Waals surface area contributed by atoms with Crippen LogP contribution < -0.4 is 37.2 Å². The summed E-state index contributed by atoms with van der Waals surface area (Å²) in [5.41, 5.74) is 9.33. The molecule has 2 aliphatic rings. The van der Waals surface area contributed by atoms with Crippen LogP contribution in [-0.4, -0.2) is 113 Å². The predicted octanol–water partition coefficient (Wildman–Crippen LogP) is 4.74. The van der Waals surface area contributed by atoms with E-state index >= 15 is 0 Å². The number of Topliss-reactive ketones (excluding diaryl/α,β-unsaturated/α-hetero) is 1. The molecule has 0 fully saturated rings. The smallest absolute Gasteiger partial charge is 0.312 e. The number of carbonyl (C=O) groups is 8. The number of H-pyrrole nitrogens is 1. The molecule has 0 spiro atoms. The van der Waals surface area contributed by atoms with Gasteiger partial charge in [-0.3, -0.25) is 38.5 Å². The van der Waals surface area contributed by atoms with E-state index in [-0.39, 0.29) is 80.6 Å². The van der Waals surface area contributed by atoms with Crippen molar-refractivity contribution >= 4 is 91.9 Å². The normalized spacial score (nSPS) is 15.1. The third-order valence-electron chi connectivity index (χ3n) is 12.4. The Labute approximate surface area is 408 Å². The number of nitrogens with zero attached hydrogens (tertiary/aromatic N) is 2. The quantitative estimate of drug-likeness (QED) is 0.0204. The number of urea groups is 1. The highest BCUT2D eigenvalue weighted by atomic mass is 35.5. The molecule has 3 atom stereocenters.